The van der Waals surface area contributed by atoms with Crippen LogP contribution in [0.5, 0.6) is 0 Å². The van der Waals surface area contributed by atoms with Gasteiger partial charge >= 0.3 is 0 Å². The van der Waals surface area contributed by atoms with Crippen molar-refractivity contribution in [2.24, 2.45) is 0 Å². The maximum absolute atomic E-state index is 11.2. The Morgan fingerprint density at radius 1 is 1.37 bits per heavy atom. The molecule has 1 aliphatic rings. The zero-order valence-electron chi connectivity index (χ0n) is 11.0. The number of carbonyl (C=O) groups is 1. The van der Waals surface area contributed by atoms with Crippen LogP contribution in [0.4, 0.5) is 0 Å². The summed E-state index contributed by atoms with van der Waals surface area (Å²) in [5.74, 6) is 0.431. The molecular formula is C15H17N3O. The molecule has 1 saturated carbocycles. The molecule has 0 unspecified atom stereocenters. The van der Waals surface area contributed by atoms with Gasteiger partial charge in [0.25, 0.3) is 0 Å². The summed E-state index contributed by atoms with van der Waals surface area (Å²) < 4.78 is 1.87. The quantitative estimate of drug-likeness (QED) is 0.789. The van der Waals surface area contributed by atoms with Gasteiger partial charge in [0.05, 0.1) is 11.4 Å². The van der Waals surface area contributed by atoms with E-state index in [0.717, 1.165) is 36.9 Å². The molecule has 1 heterocycles. The molecule has 0 aliphatic heterocycles. The van der Waals surface area contributed by atoms with Gasteiger partial charge in [-0.3, -0.25) is 4.79 Å². The van der Waals surface area contributed by atoms with Crippen LogP contribution in [0.25, 0.3) is 5.69 Å². The Kier molecular flexibility index (Phi) is 3.15. The molecule has 0 saturated heterocycles. The molecule has 1 aliphatic carbocycles. The number of carbonyl (C=O) groups excluding carboxylic acids is 1. The van der Waals surface area contributed by atoms with Gasteiger partial charge in [0, 0.05) is 5.92 Å². The number of para-hydroxylation sites is 1. The molecular weight excluding hydrogens is 238 g/mol. The number of rotatable bonds is 4. The summed E-state index contributed by atoms with van der Waals surface area (Å²) >= 11 is 0. The van der Waals surface area contributed by atoms with Crippen LogP contribution >= 0.6 is 0 Å². The second-order valence-corrected chi connectivity index (χ2v) is 5.00. The van der Waals surface area contributed by atoms with Crippen LogP contribution in [-0.2, 0) is 6.42 Å². The predicted molar refractivity (Wildman–Crippen MR) is 72.7 cm³/mol. The van der Waals surface area contributed by atoms with E-state index < -0.39 is 0 Å². The van der Waals surface area contributed by atoms with Gasteiger partial charge in [0.2, 0.25) is 0 Å². The van der Waals surface area contributed by atoms with Crippen molar-refractivity contribution in [2.45, 2.75) is 38.5 Å². The second-order valence-electron chi connectivity index (χ2n) is 5.00. The minimum absolute atomic E-state index is 0.431. The summed E-state index contributed by atoms with van der Waals surface area (Å²) in [5.41, 5.74) is 3.76. The lowest BCUT2D eigenvalue weighted by Gasteiger charge is -2.26. The van der Waals surface area contributed by atoms with E-state index in [2.05, 4.69) is 23.3 Å². The van der Waals surface area contributed by atoms with Crippen LogP contribution in [-0.4, -0.2) is 21.3 Å². The van der Waals surface area contributed by atoms with E-state index in [0.29, 0.717) is 11.6 Å². The van der Waals surface area contributed by atoms with Crippen molar-refractivity contribution in [3.8, 4) is 5.69 Å². The smallest absolute Gasteiger partial charge is 0.172 e. The standard InChI is InChI=1S/C15H17N3O/c1-2-11-6-3-4-9-14(11)18-15(12-7-5-8-12)13(10-19)16-17-18/h3-4,6,9-10,12H,2,5,7-8H2,1H3. The number of aryl methyl sites for hydroxylation is 1. The zero-order valence-corrected chi connectivity index (χ0v) is 11.0. The Labute approximate surface area is 112 Å². The minimum atomic E-state index is 0.431. The first-order valence-corrected chi connectivity index (χ1v) is 6.84. The lowest BCUT2D eigenvalue weighted by molar-refractivity contribution is 0.111. The summed E-state index contributed by atoms with van der Waals surface area (Å²) in [6.45, 7) is 2.12. The molecule has 0 bridgehead atoms. The summed E-state index contributed by atoms with van der Waals surface area (Å²) in [5, 5.41) is 8.24. The van der Waals surface area contributed by atoms with E-state index in [4.69, 9.17) is 0 Å². The normalized spacial score (nSPS) is 15.2. The van der Waals surface area contributed by atoms with Gasteiger partial charge < -0.3 is 0 Å². The summed E-state index contributed by atoms with van der Waals surface area (Å²) in [6.07, 6.45) is 5.25. The van der Waals surface area contributed by atoms with E-state index in [1.54, 1.807) is 0 Å². The molecule has 0 atom stereocenters. The first-order valence-electron chi connectivity index (χ1n) is 6.84. The third-order valence-corrected chi connectivity index (χ3v) is 3.94. The molecule has 0 N–H and O–H groups in total. The van der Waals surface area contributed by atoms with Crippen LogP contribution in [0, 0.1) is 0 Å². The number of nitrogens with zero attached hydrogens (tertiary/aromatic N) is 3. The van der Waals surface area contributed by atoms with Crippen LogP contribution < -0.4 is 0 Å². The van der Waals surface area contributed by atoms with E-state index >= 15 is 0 Å². The van der Waals surface area contributed by atoms with Crippen LogP contribution in [0.2, 0.25) is 0 Å². The maximum Gasteiger partial charge on any atom is 0.172 e. The summed E-state index contributed by atoms with van der Waals surface area (Å²) in [7, 11) is 0. The minimum Gasteiger partial charge on any atom is -0.296 e. The Bertz CT molecular complexity index is 599. The van der Waals surface area contributed by atoms with Crippen molar-refractivity contribution in [3.05, 3.63) is 41.2 Å². The third-order valence-electron chi connectivity index (χ3n) is 3.94. The molecule has 2 aromatic rings. The molecule has 1 aromatic carbocycles. The number of benzene rings is 1. The van der Waals surface area contributed by atoms with Crippen molar-refractivity contribution >= 4 is 6.29 Å². The van der Waals surface area contributed by atoms with E-state index in [1.165, 1.54) is 12.0 Å². The lowest BCUT2D eigenvalue weighted by Crippen LogP contribution is -2.16. The topological polar surface area (TPSA) is 47.8 Å². The van der Waals surface area contributed by atoms with Crippen molar-refractivity contribution in [3.63, 3.8) is 0 Å². The Morgan fingerprint density at radius 3 is 2.79 bits per heavy atom. The highest BCUT2D eigenvalue weighted by Crippen LogP contribution is 2.38. The Hall–Kier alpha value is -1.97. The number of aromatic nitrogens is 3. The van der Waals surface area contributed by atoms with Gasteiger partial charge in [-0.05, 0) is 30.9 Å². The highest BCUT2D eigenvalue weighted by molar-refractivity contribution is 5.74. The molecule has 0 amide bonds. The van der Waals surface area contributed by atoms with Gasteiger partial charge in [0.15, 0.2) is 6.29 Å². The molecule has 3 rings (SSSR count). The average Bonchev–Trinajstić information content (AvgIpc) is 2.80. The molecule has 0 spiro atoms. The van der Waals surface area contributed by atoms with Crippen molar-refractivity contribution in [1.82, 2.24) is 15.0 Å². The molecule has 0 radical (unpaired) electrons. The Morgan fingerprint density at radius 2 is 2.16 bits per heavy atom. The molecule has 98 valence electrons. The SMILES string of the molecule is CCc1ccccc1-n1nnc(C=O)c1C1CCC1. The van der Waals surface area contributed by atoms with Crippen LogP contribution in [0.1, 0.15) is 53.8 Å². The van der Waals surface area contributed by atoms with E-state index in [1.807, 2.05) is 22.9 Å². The number of aldehydes is 1. The molecule has 4 nitrogen and oxygen atoms in total. The van der Waals surface area contributed by atoms with Gasteiger partial charge in [-0.25, -0.2) is 4.68 Å². The highest BCUT2D eigenvalue weighted by Gasteiger charge is 2.28. The first-order chi connectivity index (χ1) is 9.35. The largest absolute Gasteiger partial charge is 0.296 e. The summed E-state index contributed by atoms with van der Waals surface area (Å²) in [4.78, 5) is 11.2. The molecule has 1 fully saturated rings. The predicted octanol–water partition coefficient (Wildman–Crippen LogP) is 2.91. The third kappa shape index (κ3) is 1.97. The van der Waals surface area contributed by atoms with E-state index in [-0.39, 0.29) is 0 Å². The molecule has 4 heteroatoms. The number of hydrogen-bond acceptors (Lipinski definition) is 3. The van der Waals surface area contributed by atoms with Crippen LogP contribution in [0.15, 0.2) is 24.3 Å². The monoisotopic (exact) mass is 255 g/mol. The maximum atomic E-state index is 11.2. The fourth-order valence-corrected chi connectivity index (χ4v) is 2.64. The Balaban J connectivity index is 2.14. The van der Waals surface area contributed by atoms with Gasteiger partial charge in [-0.1, -0.05) is 36.8 Å². The fourth-order valence-electron chi connectivity index (χ4n) is 2.64. The van der Waals surface area contributed by atoms with Crippen LogP contribution in [0.3, 0.4) is 0 Å². The highest BCUT2D eigenvalue weighted by atomic mass is 16.1. The number of hydrogen-bond donors (Lipinski definition) is 0. The fraction of sp³-hybridized carbons (Fsp3) is 0.400. The second kappa shape index (κ2) is 4.96. The zero-order chi connectivity index (χ0) is 13.2. The van der Waals surface area contributed by atoms with Crippen molar-refractivity contribution in [1.29, 1.82) is 0 Å². The van der Waals surface area contributed by atoms with Gasteiger partial charge in [-0.2, -0.15) is 0 Å². The first kappa shape index (κ1) is 12.1. The molecule has 1 aromatic heterocycles. The van der Waals surface area contributed by atoms with Gasteiger partial charge in [0.1, 0.15) is 5.69 Å². The average molecular weight is 255 g/mol. The van der Waals surface area contributed by atoms with Crippen molar-refractivity contribution in [2.75, 3.05) is 0 Å². The molecule has 19 heavy (non-hydrogen) atoms. The lowest BCUT2D eigenvalue weighted by atomic mass is 9.82. The van der Waals surface area contributed by atoms with Gasteiger partial charge in [-0.15, -0.1) is 5.10 Å². The summed E-state index contributed by atoms with van der Waals surface area (Å²) in [6, 6.07) is 8.18. The van der Waals surface area contributed by atoms with Crippen molar-refractivity contribution < 1.29 is 4.79 Å². The van der Waals surface area contributed by atoms with E-state index in [9.17, 15) is 4.79 Å².